The number of likely N-dealkylation sites (tertiary alicyclic amines) is 1. The molecule has 1 aliphatic heterocycles. The Morgan fingerprint density at radius 2 is 2.05 bits per heavy atom. The van der Waals surface area contributed by atoms with E-state index < -0.39 is 22.3 Å². The van der Waals surface area contributed by atoms with Gasteiger partial charge in [-0.2, -0.15) is 0 Å². The topological polar surface area (TPSA) is 63.4 Å². The van der Waals surface area contributed by atoms with Gasteiger partial charge in [0, 0.05) is 17.9 Å². The molecule has 19 heavy (non-hydrogen) atoms. The van der Waals surface area contributed by atoms with Crippen LogP contribution in [0.4, 0.5) is 10.1 Å². The third-order valence-electron chi connectivity index (χ3n) is 3.10. The summed E-state index contributed by atoms with van der Waals surface area (Å²) in [4.78, 5) is 24.3. The SMILES string of the molecule is O=C(c1ccc(F)cc1[N+](=O)[O-])N1CCC(Br)CC1. The normalized spacial score (nSPS) is 16.4. The first-order valence-electron chi connectivity index (χ1n) is 5.86. The number of piperidine rings is 1. The minimum Gasteiger partial charge on any atom is -0.338 e. The van der Waals surface area contributed by atoms with Crippen LogP contribution < -0.4 is 0 Å². The van der Waals surface area contributed by atoms with E-state index in [1.165, 1.54) is 6.07 Å². The fourth-order valence-electron chi connectivity index (χ4n) is 2.06. The molecule has 1 aromatic rings. The number of amides is 1. The van der Waals surface area contributed by atoms with Gasteiger partial charge in [0.15, 0.2) is 0 Å². The molecular formula is C12H12BrFN2O3. The van der Waals surface area contributed by atoms with Gasteiger partial charge in [-0.25, -0.2) is 4.39 Å². The maximum Gasteiger partial charge on any atom is 0.285 e. The van der Waals surface area contributed by atoms with Crippen LogP contribution in [-0.4, -0.2) is 33.6 Å². The lowest BCUT2D eigenvalue weighted by Crippen LogP contribution is -2.38. The summed E-state index contributed by atoms with van der Waals surface area (Å²) in [6, 6.07) is 3.03. The molecule has 1 saturated heterocycles. The zero-order valence-electron chi connectivity index (χ0n) is 10.0. The smallest absolute Gasteiger partial charge is 0.285 e. The van der Waals surface area contributed by atoms with Gasteiger partial charge in [0.2, 0.25) is 0 Å². The Kier molecular flexibility index (Phi) is 4.14. The van der Waals surface area contributed by atoms with Crippen molar-refractivity contribution in [3.8, 4) is 0 Å². The molecule has 1 amide bonds. The second-order valence-corrected chi connectivity index (χ2v) is 5.68. The van der Waals surface area contributed by atoms with E-state index in [2.05, 4.69) is 15.9 Å². The Labute approximate surface area is 117 Å². The first-order valence-corrected chi connectivity index (χ1v) is 6.78. The number of hydrogen-bond acceptors (Lipinski definition) is 3. The third-order valence-corrected chi connectivity index (χ3v) is 4.01. The highest BCUT2D eigenvalue weighted by molar-refractivity contribution is 9.09. The van der Waals surface area contributed by atoms with E-state index in [1.54, 1.807) is 4.90 Å². The third kappa shape index (κ3) is 3.09. The molecule has 0 radical (unpaired) electrons. The Morgan fingerprint density at radius 3 is 2.63 bits per heavy atom. The number of nitro groups is 1. The summed E-state index contributed by atoms with van der Waals surface area (Å²) in [5.74, 6) is -1.13. The van der Waals surface area contributed by atoms with Crippen molar-refractivity contribution < 1.29 is 14.1 Å². The van der Waals surface area contributed by atoms with E-state index in [9.17, 15) is 19.3 Å². The van der Waals surface area contributed by atoms with Crippen LogP contribution in [0.2, 0.25) is 0 Å². The molecule has 0 atom stereocenters. The lowest BCUT2D eigenvalue weighted by atomic mass is 10.1. The number of halogens is 2. The highest BCUT2D eigenvalue weighted by atomic mass is 79.9. The Balaban J connectivity index is 2.26. The molecule has 1 aliphatic rings. The maximum absolute atomic E-state index is 13.0. The number of rotatable bonds is 2. The Morgan fingerprint density at radius 1 is 1.42 bits per heavy atom. The van der Waals surface area contributed by atoms with E-state index in [4.69, 9.17) is 0 Å². The number of carbonyl (C=O) groups is 1. The van der Waals surface area contributed by atoms with Gasteiger partial charge in [-0.05, 0) is 25.0 Å². The molecule has 102 valence electrons. The van der Waals surface area contributed by atoms with Gasteiger partial charge in [-0.1, -0.05) is 15.9 Å². The predicted molar refractivity (Wildman–Crippen MR) is 70.9 cm³/mol. The van der Waals surface area contributed by atoms with Gasteiger partial charge < -0.3 is 4.90 Å². The predicted octanol–water partition coefficient (Wildman–Crippen LogP) is 2.73. The number of alkyl halides is 1. The van der Waals surface area contributed by atoms with Gasteiger partial charge in [0.05, 0.1) is 11.0 Å². The lowest BCUT2D eigenvalue weighted by Gasteiger charge is -2.29. The first kappa shape index (κ1) is 13.9. The van der Waals surface area contributed by atoms with E-state index in [-0.39, 0.29) is 5.56 Å². The number of nitro benzene ring substituents is 1. The van der Waals surface area contributed by atoms with Crippen molar-refractivity contribution in [2.24, 2.45) is 0 Å². The van der Waals surface area contributed by atoms with Crippen molar-refractivity contribution >= 4 is 27.5 Å². The van der Waals surface area contributed by atoms with Gasteiger partial charge in [-0.3, -0.25) is 14.9 Å². The molecule has 2 rings (SSSR count). The lowest BCUT2D eigenvalue weighted by molar-refractivity contribution is -0.385. The van der Waals surface area contributed by atoms with Crippen LogP contribution in [0.25, 0.3) is 0 Å². The Bertz CT molecular complexity index is 516. The molecule has 0 N–H and O–H groups in total. The number of carbonyl (C=O) groups excluding carboxylic acids is 1. The minimum atomic E-state index is -0.729. The van der Waals surface area contributed by atoms with Crippen molar-refractivity contribution in [2.45, 2.75) is 17.7 Å². The molecule has 0 spiro atoms. The summed E-state index contributed by atoms with van der Waals surface area (Å²) >= 11 is 3.47. The zero-order valence-corrected chi connectivity index (χ0v) is 11.6. The molecule has 5 nitrogen and oxygen atoms in total. The van der Waals surface area contributed by atoms with Crippen molar-refractivity contribution in [3.05, 3.63) is 39.7 Å². The maximum atomic E-state index is 13.0. The first-order chi connectivity index (χ1) is 8.99. The standard InChI is InChI=1S/C12H12BrFN2O3/c13-8-3-5-15(6-4-8)12(17)10-2-1-9(14)7-11(10)16(18)19/h1-2,7-8H,3-6H2. The van der Waals surface area contributed by atoms with Crippen LogP contribution in [0.1, 0.15) is 23.2 Å². The van der Waals surface area contributed by atoms with Gasteiger partial charge >= 0.3 is 0 Å². The van der Waals surface area contributed by atoms with E-state index in [0.29, 0.717) is 17.9 Å². The molecule has 0 unspecified atom stereocenters. The summed E-state index contributed by atoms with van der Waals surface area (Å²) in [6.07, 6.45) is 1.61. The molecule has 1 fully saturated rings. The molecule has 0 bridgehead atoms. The summed E-state index contributed by atoms with van der Waals surface area (Å²) in [6.45, 7) is 1.09. The van der Waals surface area contributed by atoms with Crippen LogP contribution in [0.5, 0.6) is 0 Å². The number of nitrogens with zero attached hydrogens (tertiary/aromatic N) is 2. The average Bonchev–Trinajstić information content (AvgIpc) is 2.38. The molecule has 7 heteroatoms. The van der Waals surface area contributed by atoms with Crippen molar-refractivity contribution in [1.29, 1.82) is 0 Å². The van der Waals surface area contributed by atoms with Crippen LogP contribution in [-0.2, 0) is 0 Å². The molecule has 0 aromatic heterocycles. The van der Waals surface area contributed by atoms with Crippen LogP contribution >= 0.6 is 15.9 Å². The van der Waals surface area contributed by atoms with E-state index in [1.807, 2.05) is 0 Å². The summed E-state index contributed by atoms with van der Waals surface area (Å²) in [5, 5.41) is 10.9. The fraction of sp³-hybridized carbons (Fsp3) is 0.417. The van der Waals surface area contributed by atoms with E-state index >= 15 is 0 Å². The van der Waals surface area contributed by atoms with Crippen LogP contribution in [0, 0.1) is 15.9 Å². The molecule has 1 heterocycles. The van der Waals surface area contributed by atoms with Gasteiger partial charge in [0.25, 0.3) is 11.6 Å². The van der Waals surface area contributed by atoms with Crippen LogP contribution in [0.3, 0.4) is 0 Å². The van der Waals surface area contributed by atoms with Crippen molar-refractivity contribution in [1.82, 2.24) is 4.90 Å². The second-order valence-electron chi connectivity index (χ2n) is 4.39. The monoisotopic (exact) mass is 330 g/mol. The largest absolute Gasteiger partial charge is 0.338 e. The highest BCUT2D eigenvalue weighted by Crippen LogP contribution is 2.24. The fourth-order valence-corrected chi connectivity index (χ4v) is 2.47. The van der Waals surface area contributed by atoms with Gasteiger partial charge in [-0.15, -0.1) is 0 Å². The Hall–Kier alpha value is -1.50. The highest BCUT2D eigenvalue weighted by Gasteiger charge is 2.27. The second kappa shape index (κ2) is 5.64. The van der Waals surface area contributed by atoms with Crippen molar-refractivity contribution in [3.63, 3.8) is 0 Å². The number of benzene rings is 1. The minimum absolute atomic E-state index is 0.0561. The molecular weight excluding hydrogens is 319 g/mol. The molecule has 0 aliphatic carbocycles. The summed E-state index contributed by atoms with van der Waals surface area (Å²) in [5.41, 5.74) is -0.537. The van der Waals surface area contributed by atoms with E-state index in [0.717, 1.165) is 25.0 Å². The molecule has 0 saturated carbocycles. The van der Waals surface area contributed by atoms with Crippen molar-refractivity contribution in [2.75, 3.05) is 13.1 Å². The van der Waals surface area contributed by atoms with Gasteiger partial charge in [0.1, 0.15) is 11.4 Å². The van der Waals surface area contributed by atoms with Crippen LogP contribution in [0.15, 0.2) is 18.2 Å². The summed E-state index contributed by atoms with van der Waals surface area (Å²) in [7, 11) is 0. The molecule has 1 aromatic carbocycles. The average molecular weight is 331 g/mol. The quantitative estimate of drug-likeness (QED) is 0.476. The summed E-state index contributed by atoms with van der Waals surface area (Å²) < 4.78 is 13.0. The zero-order chi connectivity index (χ0) is 14.0. The number of hydrogen-bond donors (Lipinski definition) is 0.